The van der Waals surface area contributed by atoms with Gasteiger partial charge in [-0.3, -0.25) is 4.79 Å². The Hall–Kier alpha value is -2.08. The third-order valence-corrected chi connectivity index (χ3v) is 6.03. The van der Waals surface area contributed by atoms with Crippen molar-refractivity contribution in [3.05, 3.63) is 35.9 Å². The van der Waals surface area contributed by atoms with Crippen LogP contribution in [0.4, 0.5) is 4.79 Å². The second-order valence-corrected chi connectivity index (χ2v) is 7.81. The normalized spacial score (nSPS) is 26.2. The summed E-state index contributed by atoms with van der Waals surface area (Å²) in [5, 5.41) is 12.9. The van der Waals surface area contributed by atoms with Crippen LogP contribution in [0.2, 0.25) is 0 Å². The molecule has 3 fully saturated rings. The van der Waals surface area contributed by atoms with Crippen molar-refractivity contribution in [1.82, 2.24) is 15.1 Å². The van der Waals surface area contributed by atoms with E-state index in [1.807, 2.05) is 30.0 Å². The third-order valence-electron chi connectivity index (χ3n) is 6.03. The zero-order valence-electron chi connectivity index (χ0n) is 15.2. The highest BCUT2D eigenvalue weighted by atomic mass is 16.3. The van der Waals surface area contributed by atoms with E-state index in [4.69, 9.17) is 0 Å². The molecule has 1 aromatic rings. The fraction of sp³-hybridized carbons (Fsp3) is 0.600. The largest absolute Gasteiger partial charge is 0.394 e. The lowest BCUT2D eigenvalue weighted by atomic mass is 9.60. The van der Waals surface area contributed by atoms with Gasteiger partial charge in [0.05, 0.1) is 18.2 Å². The SMILES string of the molecule is CCCNC(=O)N1CC2(C1)[C@@H](c1ccccc1)[C@@H](CO)N2C(=O)C1CC1. The van der Waals surface area contributed by atoms with Gasteiger partial charge in [0.25, 0.3) is 0 Å². The fourth-order valence-corrected chi connectivity index (χ4v) is 4.65. The molecule has 6 heteroatoms. The van der Waals surface area contributed by atoms with Crippen molar-refractivity contribution in [2.24, 2.45) is 5.92 Å². The molecular formula is C20H27N3O3. The second kappa shape index (κ2) is 6.58. The molecule has 0 bridgehead atoms. The van der Waals surface area contributed by atoms with Crippen molar-refractivity contribution < 1.29 is 14.7 Å². The van der Waals surface area contributed by atoms with Crippen molar-refractivity contribution in [1.29, 1.82) is 0 Å². The van der Waals surface area contributed by atoms with Crippen LogP contribution in [0.1, 0.15) is 37.7 Å². The van der Waals surface area contributed by atoms with Crippen LogP contribution in [-0.4, -0.2) is 64.7 Å². The molecule has 1 aliphatic carbocycles. The lowest BCUT2D eigenvalue weighted by Crippen LogP contribution is -2.86. The molecule has 26 heavy (non-hydrogen) atoms. The lowest BCUT2D eigenvalue weighted by Gasteiger charge is -2.70. The molecule has 2 N–H and O–H groups in total. The van der Waals surface area contributed by atoms with Crippen LogP contribution < -0.4 is 5.32 Å². The summed E-state index contributed by atoms with van der Waals surface area (Å²) in [7, 11) is 0. The first kappa shape index (κ1) is 17.3. The van der Waals surface area contributed by atoms with E-state index in [1.54, 1.807) is 4.90 Å². The van der Waals surface area contributed by atoms with Crippen molar-refractivity contribution in [3.63, 3.8) is 0 Å². The summed E-state index contributed by atoms with van der Waals surface area (Å²) in [6, 6.07) is 9.84. The molecule has 140 valence electrons. The molecule has 1 spiro atoms. The first-order valence-electron chi connectivity index (χ1n) is 9.64. The van der Waals surface area contributed by atoms with E-state index >= 15 is 0 Å². The third kappa shape index (κ3) is 2.58. The fourth-order valence-electron chi connectivity index (χ4n) is 4.65. The predicted molar refractivity (Wildman–Crippen MR) is 97.6 cm³/mol. The van der Waals surface area contributed by atoms with Gasteiger partial charge in [0, 0.05) is 31.5 Å². The van der Waals surface area contributed by atoms with Crippen molar-refractivity contribution in [2.75, 3.05) is 26.2 Å². The molecule has 3 aliphatic rings. The smallest absolute Gasteiger partial charge is 0.317 e. The molecule has 2 heterocycles. The minimum atomic E-state index is -0.363. The first-order chi connectivity index (χ1) is 12.6. The van der Waals surface area contributed by atoms with E-state index in [0.717, 1.165) is 24.8 Å². The molecule has 3 amide bonds. The standard InChI is InChI=1S/C20H27N3O3/c1-2-10-21-19(26)22-12-20(13-22)17(14-6-4-3-5-7-14)16(11-24)23(20)18(25)15-8-9-15/h3-7,15-17,24H,2,8-13H2,1H3,(H,21,26)/t16-,17+/m1/s1. The Kier molecular flexibility index (Phi) is 4.39. The summed E-state index contributed by atoms with van der Waals surface area (Å²) in [5.74, 6) is 0.345. The van der Waals surface area contributed by atoms with Gasteiger partial charge in [-0.1, -0.05) is 37.3 Å². The van der Waals surface area contributed by atoms with E-state index in [2.05, 4.69) is 17.4 Å². The van der Waals surface area contributed by atoms with Crippen LogP contribution >= 0.6 is 0 Å². The van der Waals surface area contributed by atoms with E-state index in [-0.39, 0.29) is 42.0 Å². The van der Waals surface area contributed by atoms with Gasteiger partial charge in [-0.05, 0) is 24.8 Å². The minimum Gasteiger partial charge on any atom is -0.394 e. The quantitative estimate of drug-likeness (QED) is 0.840. The van der Waals surface area contributed by atoms with Gasteiger partial charge in [-0.2, -0.15) is 0 Å². The number of hydrogen-bond donors (Lipinski definition) is 2. The Morgan fingerprint density at radius 2 is 1.92 bits per heavy atom. The van der Waals surface area contributed by atoms with E-state index < -0.39 is 0 Å². The number of nitrogens with one attached hydrogen (secondary N) is 1. The van der Waals surface area contributed by atoms with Crippen LogP contribution in [0.15, 0.2) is 30.3 Å². The van der Waals surface area contributed by atoms with Crippen LogP contribution in [0.25, 0.3) is 0 Å². The van der Waals surface area contributed by atoms with Crippen molar-refractivity contribution in [2.45, 2.75) is 43.7 Å². The maximum atomic E-state index is 12.9. The van der Waals surface area contributed by atoms with Crippen LogP contribution in [0, 0.1) is 5.92 Å². The predicted octanol–water partition coefficient (Wildman–Crippen LogP) is 1.56. The first-order valence-corrected chi connectivity index (χ1v) is 9.64. The number of rotatable bonds is 5. The molecule has 2 atom stereocenters. The highest BCUT2D eigenvalue weighted by Gasteiger charge is 2.68. The molecule has 0 aromatic heterocycles. The monoisotopic (exact) mass is 357 g/mol. The molecule has 6 nitrogen and oxygen atoms in total. The number of carbonyl (C=O) groups excluding carboxylic acids is 2. The van der Waals surface area contributed by atoms with Crippen LogP contribution in [-0.2, 0) is 4.79 Å². The highest BCUT2D eigenvalue weighted by Crippen LogP contribution is 2.55. The van der Waals surface area contributed by atoms with Crippen molar-refractivity contribution in [3.8, 4) is 0 Å². The highest BCUT2D eigenvalue weighted by molar-refractivity contribution is 5.85. The van der Waals surface area contributed by atoms with Gasteiger partial charge in [-0.15, -0.1) is 0 Å². The molecule has 2 saturated heterocycles. The van der Waals surface area contributed by atoms with E-state index in [0.29, 0.717) is 19.6 Å². The summed E-state index contributed by atoms with van der Waals surface area (Å²) in [6.07, 6.45) is 2.79. The number of hydrogen-bond acceptors (Lipinski definition) is 3. The number of nitrogens with zero attached hydrogens (tertiary/aromatic N) is 2. The summed E-state index contributed by atoms with van der Waals surface area (Å²) in [4.78, 5) is 28.9. The molecule has 2 aliphatic heterocycles. The van der Waals surface area contributed by atoms with Gasteiger partial charge in [-0.25, -0.2) is 4.79 Å². The maximum absolute atomic E-state index is 12.9. The second-order valence-electron chi connectivity index (χ2n) is 7.81. The van der Waals surface area contributed by atoms with E-state index in [1.165, 1.54) is 0 Å². The van der Waals surface area contributed by atoms with Crippen LogP contribution in [0.3, 0.4) is 0 Å². The summed E-state index contributed by atoms with van der Waals surface area (Å²) < 4.78 is 0. The molecule has 4 rings (SSSR count). The molecule has 0 unspecified atom stereocenters. The summed E-state index contributed by atoms with van der Waals surface area (Å²) >= 11 is 0. The Morgan fingerprint density at radius 1 is 1.23 bits per heavy atom. The average Bonchev–Trinajstić information content (AvgIpc) is 3.44. The Labute approximate surface area is 154 Å². The van der Waals surface area contributed by atoms with Gasteiger partial charge >= 0.3 is 6.03 Å². The Morgan fingerprint density at radius 3 is 2.50 bits per heavy atom. The number of urea groups is 1. The number of likely N-dealkylation sites (tertiary alicyclic amines) is 2. The van der Waals surface area contributed by atoms with E-state index in [9.17, 15) is 14.7 Å². The molecule has 1 saturated carbocycles. The summed E-state index contributed by atoms with van der Waals surface area (Å²) in [6.45, 7) is 3.72. The average molecular weight is 357 g/mol. The van der Waals surface area contributed by atoms with Crippen molar-refractivity contribution >= 4 is 11.9 Å². The maximum Gasteiger partial charge on any atom is 0.317 e. The van der Waals surface area contributed by atoms with Gasteiger partial charge in [0.1, 0.15) is 0 Å². The lowest BCUT2D eigenvalue weighted by molar-refractivity contribution is -0.194. The molecule has 1 aromatic carbocycles. The zero-order valence-corrected chi connectivity index (χ0v) is 15.2. The number of carbonyl (C=O) groups is 2. The van der Waals surface area contributed by atoms with Gasteiger partial charge in [0.2, 0.25) is 5.91 Å². The van der Waals surface area contributed by atoms with Crippen LogP contribution in [0.5, 0.6) is 0 Å². The Bertz CT molecular complexity index is 683. The topological polar surface area (TPSA) is 72.9 Å². The zero-order chi connectivity index (χ0) is 18.3. The Balaban J connectivity index is 1.58. The minimum absolute atomic E-state index is 0.0399. The van der Waals surface area contributed by atoms with Gasteiger partial charge < -0.3 is 20.2 Å². The summed E-state index contributed by atoms with van der Waals surface area (Å²) in [5.41, 5.74) is 0.776. The number of aliphatic hydroxyl groups is 1. The molecule has 0 radical (unpaired) electrons. The molecular weight excluding hydrogens is 330 g/mol. The van der Waals surface area contributed by atoms with Gasteiger partial charge in [0.15, 0.2) is 0 Å². The number of aliphatic hydroxyl groups excluding tert-OH is 1. The number of benzene rings is 1. The number of amides is 3.